The molecule has 3 rings (SSSR count). The number of hydrogen-bond acceptors (Lipinski definition) is 6. The first kappa shape index (κ1) is 15.2. The summed E-state index contributed by atoms with van der Waals surface area (Å²) in [6.07, 6.45) is 7.64. The third-order valence-corrected chi connectivity index (χ3v) is 3.40. The summed E-state index contributed by atoms with van der Waals surface area (Å²) in [5.41, 5.74) is 0. The molecule has 0 saturated carbocycles. The molecule has 7 heteroatoms. The Bertz CT molecular complexity index is 739. The minimum atomic E-state index is -0.0363. The van der Waals surface area contributed by atoms with E-state index < -0.39 is 0 Å². The summed E-state index contributed by atoms with van der Waals surface area (Å²) < 4.78 is 12.6. The van der Waals surface area contributed by atoms with Gasteiger partial charge >= 0.3 is 0 Å². The Morgan fingerprint density at radius 1 is 1.35 bits per heavy atom. The van der Waals surface area contributed by atoms with E-state index in [9.17, 15) is 0 Å². The number of nitrogens with one attached hydrogen (secondary N) is 1. The van der Waals surface area contributed by atoms with E-state index in [0.717, 1.165) is 17.9 Å². The Hall–Kier alpha value is -2.67. The maximum atomic E-state index is 5.73. The van der Waals surface area contributed by atoms with Gasteiger partial charge in [0.2, 0.25) is 0 Å². The smallest absolute Gasteiger partial charge is 0.173 e. The van der Waals surface area contributed by atoms with Crippen molar-refractivity contribution in [3.05, 3.63) is 54.5 Å². The quantitative estimate of drug-likeness (QED) is 0.722. The van der Waals surface area contributed by atoms with Crippen molar-refractivity contribution in [1.29, 1.82) is 0 Å². The van der Waals surface area contributed by atoms with Crippen molar-refractivity contribution in [3.63, 3.8) is 0 Å². The molecule has 0 amide bonds. The number of aromatic nitrogens is 4. The number of furan rings is 1. The third kappa shape index (κ3) is 3.75. The van der Waals surface area contributed by atoms with Gasteiger partial charge in [0, 0.05) is 26.1 Å². The van der Waals surface area contributed by atoms with Crippen LogP contribution in [0.4, 0.5) is 5.82 Å². The van der Waals surface area contributed by atoms with Crippen LogP contribution in [0.25, 0.3) is 5.82 Å². The molecular formula is C16H19N5O2. The number of rotatable bonds is 7. The van der Waals surface area contributed by atoms with Gasteiger partial charge in [0.25, 0.3) is 0 Å². The van der Waals surface area contributed by atoms with Gasteiger partial charge in [-0.3, -0.25) is 4.98 Å². The Kier molecular flexibility index (Phi) is 4.68. The molecule has 0 aliphatic carbocycles. The van der Waals surface area contributed by atoms with Gasteiger partial charge in [-0.15, -0.1) is 0 Å². The zero-order chi connectivity index (χ0) is 16.1. The fourth-order valence-electron chi connectivity index (χ4n) is 2.28. The van der Waals surface area contributed by atoms with Gasteiger partial charge in [0.05, 0.1) is 18.4 Å². The van der Waals surface area contributed by atoms with Crippen LogP contribution in [0.2, 0.25) is 0 Å². The number of ether oxygens (including phenoxy) is 1. The molecular weight excluding hydrogens is 294 g/mol. The van der Waals surface area contributed by atoms with Crippen LogP contribution in [0.15, 0.2) is 47.4 Å². The van der Waals surface area contributed by atoms with Crippen molar-refractivity contribution >= 4 is 5.82 Å². The molecule has 0 bridgehead atoms. The number of nitrogens with zero attached hydrogens (tertiary/aromatic N) is 4. The number of methoxy groups -OCH3 is 1. The summed E-state index contributed by atoms with van der Waals surface area (Å²) in [5.74, 6) is 3.04. The molecule has 3 aromatic heterocycles. The lowest BCUT2D eigenvalue weighted by Crippen LogP contribution is -2.14. The standard InChI is InChI=1S/C16H19N5O2/c1-12-4-5-14(23-12)13(6-9-22-2)19-15-10-17-11-16(20-15)21-8-3-7-18-21/h3-5,7-8,10-11,13H,6,9H2,1-2H3,(H,19,20)/t13-/m0/s1. The van der Waals surface area contributed by atoms with Gasteiger partial charge < -0.3 is 14.5 Å². The van der Waals surface area contributed by atoms with Gasteiger partial charge in [-0.1, -0.05) is 0 Å². The maximum Gasteiger partial charge on any atom is 0.173 e. The topological polar surface area (TPSA) is 78.0 Å². The van der Waals surface area contributed by atoms with Crippen LogP contribution >= 0.6 is 0 Å². The molecule has 0 aliphatic rings. The van der Waals surface area contributed by atoms with E-state index in [1.165, 1.54) is 0 Å². The van der Waals surface area contributed by atoms with Crippen molar-refractivity contribution in [2.45, 2.75) is 19.4 Å². The molecule has 1 N–H and O–H groups in total. The highest BCUT2D eigenvalue weighted by molar-refractivity contribution is 5.38. The first-order chi connectivity index (χ1) is 11.3. The summed E-state index contributed by atoms with van der Waals surface area (Å²) in [5, 5.41) is 7.52. The maximum absolute atomic E-state index is 5.73. The average molecular weight is 313 g/mol. The predicted octanol–water partition coefficient (Wildman–Crippen LogP) is 2.75. The lowest BCUT2D eigenvalue weighted by molar-refractivity contribution is 0.187. The normalized spacial score (nSPS) is 12.3. The molecule has 0 radical (unpaired) electrons. The minimum Gasteiger partial charge on any atom is -0.464 e. The molecule has 0 spiro atoms. The Labute approximate surface area is 134 Å². The molecule has 120 valence electrons. The van der Waals surface area contributed by atoms with Crippen LogP contribution in [0, 0.1) is 6.92 Å². The van der Waals surface area contributed by atoms with Gasteiger partial charge in [0.15, 0.2) is 5.82 Å². The second kappa shape index (κ2) is 7.06. The highest BCUT2D eigenvalue weighted by atomic mass is 16.5. The minimum absolute atomic E-state index is 0.0363. The highest BCUT2D eigenvalue weighted by Gasteiger charge is 2.16. The molecule has 7 nitrogen and oxygen atoms in total. The summed E-state index contributed by atoms with van der Waals surface area (Å²) in [7, 11) is 1.68. The Balaban J connectivity index is 1.80. The first-order valence-electron chi connectivity index (χ1n) is 7.40. The van der Waals surface area contributed by atoms with Crippen molar-refractivity contribution in [1.82, 2.24) is 19.7 Å². The molecule has 0 aliphatic heterocycles. The fourth-order valence-corrected chi connectivity index (χ4v) is 2.28. The molecule has 0 fully saturated rings. The van der Waals surface area contributed by atoms with Crippen LogP contribution < -0.4 is 5.32 Å². The molecule has 0 saturated heterocycles. The lowest BCUT2D eigenvalue weighted by atomic mass is 10.1. The summed E-state index contributed by atoms with van der Waals surface area (Å²) >= 11 is 0. The molecule has 1 atom stereocenters. The van der Waals surface area contributed by atoms with Crippen LogP contribution in [-0.2, 0) is 4.74 Å². The van der Waals surface area contributed by atoms with Crippen LogP contribution in [0.3, 0.4) is 0 Å². The first-order valence-corrected chi connectivity index (χ1v) is 7.40. The van der Waals surface area contributed by atoms with Gasteiger partial charge in [-0.05, 0) is 31.5 Å². The molecule has 3 heterocycles. The Morgan fingerprint density at radius 3 is 2.96 bits per heavy atom. The monoisotopic (exact) mass is 313 g/mol. The summed E-state index contributed by atoms with van der Waals surface area (Å²) in [6, 6.07) is 5.72. The van der Waals surface area contributed by atoms with E-state index in [2.05, 4.69) is 20.4 Å². The van der Waals surface area contributed by atoms with Crippen molar-refractivity contribution in [3.8, 4) is 5.82 Å². The zero-order valence-corrected chi connectivity index (χ0v) is 13.1. The van der Waals surface area contributed by atoms with E-state index >= 15 is 0 Å². The van der Waals surface area contributed by atoms with Crippen molar-refractivity contribution in [2.75, 3.05) is 19.0 Å². The third-order valence-electron chi connectivity index (χ3n) is 3.40. The SMILES string of the molecule is COCC[C@H](Nc1cncc(-n2cccn2)n1)c1ccc(C)o1. The second-order valence-corrected chi connectivity index (χ2v) is 5.14. The van der Waals surface area contributed by atoms with Crippen LogP contribution in [-0.4, -0.2) is 33.5 Å². The molecule has 0 aromatic carbocycles. The highest BCUT2D eigenvalue weighted by Crippen LogP contribution is 2.23. The molecule has 23 heavy (non-hydrogen) atoms. The predicted molar refractivity (Wildman–Crippen MR) is 85.5 cm³/mol. The Morgan fingerprint density at radius 2 is 2.26 bits per heavy atom. The fraction of sp³-hybridized carbons (Fsp3) is 0.312. The lowest BCUT2D eigenvalue weighted by Gasteiger charge is -2.17. The number of aryl methyl sites for hydroxylation is 1. The zero-order valence-electron chi connectivity index (χ0n) is 13.1. The summed E-state index contributed by atoms with van der Waals surface area (Å²) in [4.78, 5) is 8.76. The van der Waals surface area contributed by atoms with E-state index in [0.29, 0.717) is 18.2 Å². The van der Waals surface area contributed by atoms with E-state index in [-0.39, 0.29) is 6.04 Å². The van der Waals surface area contributed by atoms with E-state index in [1.807, 2.05) is 31.3 Å². The van der Waals surface area contributed by atoms with Gasteiger partial charge in [-0.25, -0.2) is 9.67 Å². The van der Waals surface area contributed by atoms with E-state index in [4.69, 9.17) is 9.15 Å². The summed E-state index contributed by atoms with van der Waals surface area (Å²) in [6.45, 7) is 2.54. The van der Waals surface area contributed by atoms with Gasteiger partial charge in [-0.2, -0.15) is 5.10 Å². The van der Waals surface area contributed by atoms with Gasteiger partial charge in [0.1, 0.15) is 17.3 Å². The van der Waals surface area contributed by atoms with Crippen LogP contribution in [0.1, 0.15) is 24.0 Å². The van der Waals surface area contributed by atoms with Crippen LogP contribution in [0.5, 0.6) is 0 Å². The molecule has 0 unspecified atom stereocenters. The number of anilines is 1. The van der Waals surface area contributed by atoms with Crippen molar-refractivity contribution in [2.24, 2.45) is 0 Å². The van der Waals surface area contributed by atoms with E-state index in [1.54, 1.807) is 30.4 Å². The largest absolute Gasteiger partial charge is 0.464 e. The number of hydrogen-bond donors (Lipinski definition) is 1. The van der Waals surface area contributed by atoms with Crippen molar-refractivity contribution < 1.29 is 9.15 Å². The molecule has 3 aromatic rings. The average Bonchev–Trinajstić information content (AvgIpc) is 3.23. The second-order valence-electron chi connectivity index (χ2n) is 5.14.